The Kier molecular flexibility index (Phi) is 5.85. The highest BCUT2D eigenvalue weighted by Gasteiger charge is 2.29. The summed E-state index contributed by atoms with van der Waals surface area (Å²) < 4.78 is 27.6. The first-order chi connectivity index (χ1) is 7.98. The minimum Gasteiger partial charge on any atom is -0.320 e. The molecule has 1 aliphatic heterocycles. The third-order valence-electron chi connectivity index (χ3n) is 3.24. The van der Waals surface area contributed by atoms with E-state index in [9.17, 15) is 8.42 Å². The molecule has 0 spiro atoms. The van der Waals surface area contributed by atoms with E-state index in [0.717, 1.165) is 25.8 Å². The van der Waals surface area contributed by atoms with Gasteiger partial charge in [0.05, 0.1) is 0 Å². The van der Waals surface area contributed by atoms with Crippen LogP contribution in [0.25, 0.3) is 0 Å². The minimum absolute atomic E-state index is 0.476. The summed E-state index contributed by atoms with van der Waals surface area (Å²) in [5, 5.41) is 3.03. The van der Waals surface area contributed by atoms with E-state index in [2.05, 4.69) is 12.2 Å². The fourth-order valence-electron chi connectivity index (χ4n) is 2.15. The van der Waals surface area contributed by atoms with Crippen molar-refractivity contribution >= 4 is 10.2 Å². The molecule has 0 aromatic carbocycles. The third-order valence-corrected chi connectivity index (χ3v) is 5.19. The number of nitrogens with one attached hydrogen (secondary N) is 1. The van der Waals surface area contributed by atoms with Crippen molar-refractivity contribution in [2.75, 3.05) is 40.3 Å². The van der Waals surface area contributed by atoms with Crippen molar-refractivity contribution in [3.8, 4) is 0 Å². The molecule has 102 valence electrons. The number of hydrogen-bond donors (Lipinski definition) is 1. The molecule has 1 aliphatic rings. The predicted molar refractivity (Wildman–Crippen MR) is 70.1 cm³/mol. The van der Waals surface area contributed by atoms with Crippen molar-refractivity contribution in [2.45, 2.75) is 26.2 Å². The molecule has 0 aliphatic carbocycles. The summed E-state index contributed by atoms with van der Waals surface area (Å²) in [4.78, 5) is 0. The predicted octanol–water partition coefficient (Wildman–Crippen LogP) is 0.504. The monoisotopic (exact) mass is 263 g/mol. The molecule has 0 saturated carbocycles. The maximum absolute atomic E-state index is 12.3. The Balaban J connectivity index is 2.53. The fourth-order valence-corrected chi connectivity index (χ4v) is 3.70. The summed E-state index contributed by atoms with van der Waals surface area (Å²) in [6.07, 6.45) is 2.95. The highest BCUT2D eigenvalue weighted by Crippen LogP contribution is 2.19. The largest absolute Gasteiger partial charge is 0.320 e. The normalized spacial score (nSPS) is 23.2. The Morgan fingerprint density at radius 1 is 1.47 bits per heavy atom. The lowest BCUT2D eigenvalue weighted by atomic mass is 10.0. The molecule has 1 unspecified atom stereocenters. The molecule has 6 heteroatoms. The van der Waals surface area contributed by atoms with Gasteiger partial charge in [0, 0.05) is 26.7 Å². The van der Waals surface area contributed by atoms with Crippen LogP contribution < -0.4 is 5.32 Å². The molecule has 1 rings (SSSR count). The SMILES string of the molecule is CNCCCN(C)S(=O)(=O)N1CCCC(C)C1. The zero-order chi connectivity index (χ0) is 12.9. The summed E-state index contributed by atoms with van der Waals surface area (Å²) in [5.74, 6) is 0.476. The second-order valence-electron chi connectivity index (χ2n) is 4.89. The van der Waals surface area contributed by atoms with Crippen LogP contribution in [0.1, 0.15) is 26.2 Å². The van der Waals surface area contributed by atoms with Gasteiger partial charge in [-0.25, -0.2) is 0 Å². The lowest BCUT2D eigenvalue weighted by Gasteiger charge is -2.33. The van der Waals surface area contributed by atoms with Gasteiger partial charge in [-0.15, -0.1) is 0 Å². The van der Waals surface area contributed by atoms with Crippen LogP contribution in [0.3, 0.4) is 0 Å². The summed E-state index contributed by atoms with van der Waals surface area (Å²) in [6, 6.07) is 0. The summed E-state index contributed by atoms with van der Waals surface area (Å²) in [5.41, 5.74) is 0. The van der Waals surface area contributed by atoms with Crippen LogP contribution in [0.2, 0.25) is 0 Å². The topological polar surface area (TPSA) is 52.7 Å². The van der Waals surface area contributed by atoms with Crippen molar-refractivity contribution < 1.29 is 8.42 Å². The van der Waals surface area contributed by atoms with Crippen LogP contribution in [0.15, 0.2) is 0 Å². The van der Waals surface area contributed by atoms with E-state index >= 15 is 0 Å². The summed E-state index contributed by atoms with van der Waals surface area (Å²) >= 11 is 0. The molecule has 1 heterocycles. The summed E-state index contributed by atoms with van der Waals surface area (Å²) in [6.45, 7) is 4.87. The van der Waals surface area contributed by atoms with Gasteiger partial charge in [0.2, 0.25) is 0 Å². The van der Waals surface area contributed by atoms with E-state index in [4.69, 9.17) is 0 Å². The molecular formula is C11H25N3O2S. The van der Waals surface area contributed by atoms with Gasteiger partial charge in [-0.2, -0.15) is 17.0 Å². The Hall–Kier alpha value is -0.170. The average molecular weight is 263 g/mol. The Labute approximate surface area is 105 Å². The Morgan fingerprint density at radius 2 is 2.18 bits per heavy atom. The second-order valence-corrected chi connectivity index (χ2v) is 6.93. The molecule has 1 atom stereocenters. The van der Waals surface area contributed by atoms with Gasteiger partial charge in [-0.05, 0) is 38.8 Å². The lowest BCUT2D eigenvalue weighted by molar-refractivity contribution is 0.263. The fraction of sp³-hybridized carbons (Fsp3) is 1.00. The van der Waals surface area contributed by atoms with Gasteiger partial charge < -0.3 is 5.32 Å². The zero-order valence-corrected chi connectivity index (χ0v) is 12.0. The van der Waals surface area contributed by atoms with Crippen LogP contribution in [0, 0.1) is 5.92 Å². The average Bonchev–Trinajstić information content (AvgIpc) is 2.29. The quantitative estimate of drug-likeness (QED) is 0.710. The van der Waals surface area contributed by atoms with Gasteiger partial charge in [0.25, 0.3) is 10.2 Å². The van der Waals surface area contributed by atoms with Gasteiger partial charge >= 0.3 is 0 Å². The highest BCUT2D eigenvalue weighted by atomic mass is 32.2. The molecular weight excluding hydrogens is 238 g/mol. The maximum Gasteiger partial charge on any atom is 0.281 e. The molecule has 17 heavy (non-hydrogen) atoms. The van der Waals surface area contributed by atoms with E-state index in [0.29, 0.717) is 25.6 Å². The molecule has 1 N–H and O–H groups in total. The van der Waals surface area contributed by atoms with Gasteiger partial charge in [-0.3, -0.25) is 0 Å². The van der Waals surface area contributed by atoms with Crippen molar-refractivity contribution in [1.82, 2.24) is 13.9 Å². The molecule has 0 amide bonds. The van der Waals surface area contributed by atoms with Gasteiger partial charge in [0.1, 0.15) is 0 Å². The van der Waals surface area contributed by atoms with Gasteiger partial charge in [0.15, 0.2) is 0 Å². The maximum atomic E-state index is 12.3. The zero-order valence-electron chi connectivity index (χ0n) is 11.1. The first-order valence-corrected chi connectivity index (χ1v) is 7.74. The molecule has 0 aromatic heterocycles. The smallest absolute Gasteiger partial charge is 0.281 e. The van der Waals surface area contributed by atoms with Crippen molar-refractivity contribution in [3.63, 3.8) is 0 Å². The number of nitrogens with zero attached hydrogens (tertiary/aromatic N) is 2. The molecule has 0 radical (unpaired) electrons. The van der Waals surface area contributed by atoms with Crippen molar-refractivity contribution in [1.29, 1.82) is 0 Å². The van der Waals surface area contributed by atoms with Crippen LogP contribution in [0.4, 0.5) is 0 Å². The molecule has 1 saturated heterocycles. The van der Waals surface area contributed by atoms with E-state index in [1.165, 1.54) is 4.31 Å². The highest BCUT2D eigenvalue weighted by molar-refractivity contribution is 7.86. The lowest BCUT2D eigenvalue weighted by Crippen LogP contribution is -2.46. The molecule has 0 aromatic rings. The van der Waals surface area contributed by atoms with E-state index in [1.807, 2.05) is 7.05 Å². The van der Waals surface area contributed by atoms with E-state index < -0.39 is 10.2 Å². The van der Waals surface area contributed by atoms with E-state index in [1.54, 1.807) is 11.4 Å². The summed E-state index contributed by atoms with van der Waals surface area (Å²) in [7, 11) is 0.310. The number of hydrogen-bond acceptors (Lipinski definition) is 3. The Morgan fingerprint density at radius 3 is 2.76 bits per heavy atom. The van der Waals surface area contributed by atoms with E-state index in [-0.39, 0.29) is 0 Å². The van der Waals surface area contributed by atoms with Crippen molar-refractivity contribution in [2.24, 2.45) is 5.92 Å². The molecule has 0 bridgehead atoms. The Bertz CT molecular complexity index is 319. The number of rotatable bonds is 6. The first-order valence-electron chi connectivity index (χ1n) is 6.34. The van der Waals surface area contributed by atoms with Crippen LogP contribution >= 0.6 is 0 Å². The molecule has 5 nitrogen and oxygen atoms in total. The standard InChI is InChI=1S/C11H25N3O2S/c1-11-6-4-9-14(10-11)17(15,16)13(3)8-5-7-12-2/h11-12H,4-10H2,1-3H3. The molecule has 1 fully saturated rings. The van der Waals surface area contributed by atoms with Crippen LogP contribution in [-0.4, -0.2) is 57.3 Å². The minimum atomic E-state index is -3.24. The first kappa shape index (κ1) is 14.9. The van der Waals surface area contributed by atoms with Crippen LogP contribution in [0.5, 0.6) is 0 Å². The van der Waals surface area contributed by atoms with Crippen LogP contribution in [-0.2, 0) is 10.2 Å². The number of piperidine rings is 1. The van der Waals surface area contributed by atoms with Crippen molar-refractivity contribution in [3.05, 3.63) is 0 Å². The third kappa shape index (κ3) is 4.21. The second kappa shape index (κ2) is 6.68. The van der Waals surface area contributed by atoms with Gasteiger partial charge in [-0.1, -0.05) is 6.92 Å².